The molecule has 130 valence electrons. The number of hydrogen-bond acceptors (Lipinski definition) is 2. The number of rotatable bonds is 5. The smallest absolute Gasteiger partial charge is 0.222 e. The van der Waals surface area contributed by atoms with Crippen molar-refractivity contribution in [1.29, 1.82) is 0 Å². The zero-order valence-corrected chi connectivity index (χ0v) is 14.9. The van der Waals surface area contributed by atoms with Gasteiger partial charge in [-0.2, -0.15) is 0 Å². The highest BCUT2D eigenvalue weighted by molar-refractivity contribution is 5.76. The largest absolute Gasteiger partial charge is 0.497 e. The number of carbonyl (C=O) groups is 1. The molecule has 4 saturated carbocycles. The van der Waals surface area contributed by atoms with Crippen molar-refractivity contribution < 1.29 is 9.53 Å². The molecule has 24 heavy (non-hydrogen) atoms. The fraction of sp³-hybridized carbons (Fsp3) is 0.667. The molecular weight excluding hydrogens is 298 g/mol. The van der Waals surface area contributed by atoms with Crippen molar-refractivity contribution in [2.24, 2.45) is 23.7 Å². The molecular formula is C21H29NO2. The number of ether oxygens (including phenoxy) is 1. The van der Waals surface area contributed by atoms with E-state index in [1.165, 1.54) is 37.7 Å². The van der Waals surface area contributed by atoms with Gasteiger partial charge in [-0.25, -0.2) is 0 Å². The molecule has 0 N–H and O–H groups in total. The van der Waals surface area contributed by atoms with Crippen molar-refractivity contribution in [3.8, 4) is 5.75 Å². The second-order valence-electron chi connectivity index (χ2n) is 8.27. The third-order valence-electron chi connectivity index (χ3n) is 6.80. The zero-order valence-electron chi connectivity index (χ0n) is 14.9. The summed E-state index contributed by atoms with van der Waals surface area (Å²) >= 11 is 0. The van der Waals surface area contributed by atoms with E-state index in [9.17, 15) is 4.79 Å². The predicted molar refractivity (Wildman–Crippen MR) is 94.9 cm³/mol. The number of benzene rings is 1. The zero-order chi connectivity index (χ0) is 16.7. The summed E-state index contributed by atoms with van der Waals surface area (Å²) in [6.07, 6.45) is 8.38. The van der Waals surface area contributed by atoms with Crippen molar-refractivity contribution in [3.63, 3.8) is 0 Å². The first-order chi connectivity index (χ1) is 11.6. The lowest BCUT2D eigenvalue weighted by Gasteiger charge is -2.56. The van der Waals surface area contributed by atoms with Gasteiger partial charge >= 0.3 is 0 Å². The summed E-state index contributed by atoms with van der Waals surface area (Å²) in [4.78, 5) is 14.9. The van der Waals surface area contributed by atoms with Crippen LogP contribution in [0.4, 0.5) is 0 Å². The Morgan fingerprint density at radius 2 is 1.62 bits per heavy atom. The predicted octanol–water partition coefficient (Wildman–Crippen LogP) is 3.91. The molecule has 0 radical (unpaired) electrons. The van der Waals surface area contributed by atoms with E-state index in [0.29, 0.717) is 18.4 Å². The molecule has 0 aromatic heterocycles. The van der Waals surface area contributed by atoms with E-state index in [1.807, 2.05) is 12.1 Å². The number of hydrogen-bond donors (Lipinski definition) is 0. The summed E-state index contributed by atoms with van der Waals surface area (Å²) in [6, 6.07) is 8.59. The summed E-state index contributed by atoms with van der Waals surface area (Å²) in [5.74, 6) is 4.67. The van der Waals surface area contributed by atoms with Crippen LogP contribution >= 0.6 is 0 Å². The lowest BCUT2D eigenvalue weighted by Crippen LogP contribution is -2.56. The maximum atomic E-state index is 12.8. The van der Waals surface area contributed by atoms with Crippen LogP contribution in [-0.4, -0.2) is 31.0 Å². The maximum Gasteiger partial charge on any atom is 0.222 e. The van der Waals surface area contributed by atoms with Gasteiger partial charge in [0.1, 0.15) is 5.75 Å². The van der Waals surface area contributed by atoms with Crippen LogP contribution in [0.2, 0.25) is 0 Å². The molecule has 4 fully saturated rings. The summed E-state index contributed by atoms with van der Waals surface area (Å²) < 4.78 is 5.19. The second kappa shape index (κ2) is 6.42. The van der Waals surface area contributed by atoms with E-state index in [1.54, 1.807) is 7.11 Å². The average molecular weight is 327 g/mol. The van der Waals surface area contributed by atoms with Crippen molar-refractivity contribution in [2.75, 3.05) is 14.2 Å². The normalized spacial score (nSPS) is 33.5. The number of amides is 1. The summed E-state index contributed by atoms with van der Waals surface area (Å²) in [7, 11) is 3.74. The lowest BCUT2D eigenvalue weighted by atomic mass is 9.54. The lowest BCUT2D eigenvalue weighted by molar-refractivity contribution is -0.141. The third-order valence-corrected chi connectivity index (χ3v) is 6.80. The SMILES string of the molecule is COc1ccc(CCC(=O)N(C)C2C3CC4CC(C3)CC2C4)cc1. The Labute approximate surface area is 145 Å². The number of nitrogens with zero attached hydrogens (tertiary/aromatic N) is 1. The van der Waals surface area contributed by atoms with Crippen LogP contribution in [0.1, 0.15) is 44.1 Å². The molecule has 1 aromatic carbocycles. The molecule has 1 amide bonds. The van der Waals surface area contributed by atoms with Crippen LogP contribution in [0.3, 0.4) is 0 Å². The molecule has 0 spiro atoms. The van der Waals surface area contributed by atoms with E-state index in [4.69, 9.17) is 4.74 Å². The van der Waals surface area contributed by atoms with E-state index in [2.05, 4.69) is 24.1 Å². The molecule has 4 aliphatic carbocycles. The monoisotopic (exact) mass is 327 g/mol. The molecule has 5 rings (SSSR count). The highest BCUT2D eigenvalue weighted by Gasteiger charge is 2.50. The van der Waals surface area contributed by atoms with Gasteiger partial charge in [-0.1, -0.05) is 12.1 Å². The molecule has 0 unspecified atom stereocenters. The van der Waals surface area contributed by atoms with Gasteiger partial charge in [-0.05, 0) is 79.9 Å². The molecule has 0 saturated heterocycles. The molecule has 1 aromatic rings. The Bertz CT molecular complexity index is 566. The van der Waals surface area contributed by atoms with Crippen molar-refractivity contribution in [3.05, 3.63) is 29.8 Å². The van der Waals surface area contributed by atoms with Gasteiger partial charge in [-0.3, -0.25) is 4.79 Å². The number of aryl methyl sites for hydroxylation is 1. The highest BCUT2D eigenvalue weighted by atomic mass is 16.5. The van der Waals surface area contributed by atoms with Crippen LogP contribution in [0.15, 0.2) is 24.3 Å². The number of methoxy groups -OCH3 is 1. The summed E-state index contributed by atoms with van der Waals surface area (Å²) in [6.45, 7) is 0. The Balaban J connectivity index is 1.35. The van der Waals surface area contributed by atoms with Gasteiger partial charge in [-0.15, -0.1) is 0 Å². The van der Waals surface area contributed by atoms with Crippen LogP contribution in [0.5, 0.6) is 5.75 Å². The topological polar surface area (TPSA) is 29.5 Å². The minimum atomic E-state index is 0.322. The first-order valence-electron chi connectivity index (χ1n) is 9.52. The van der Waals surface area contributed by atoms with E-state index < -0.39 is 0 Å². The molecule has 0 aliphatic heterocycles. The average Bonchev–Trinajstić information content (AvgIpc) is 2.59. The standard InChI is InChI=1S/C21H29NO2/c1-22(20(23)8-5-14-3-6-19(24-2)7-4-14)21-17-10-15-9-16(12-17)13-18(21)11-15/h3-4,6-7,15-18,21H,5,8-13H2,1-2H3. The van der Waals surface area contributed by atoms with Crippen LogP contribution in [-0.2, 0) is 11.2 Å². The second-order valence-corrected chi connectivity index (χ2v) is 8.27. The van der Waals surface area contributed by atoms with E-state index in [-0.39, 0.29) is 0 Å². The van der Waals surface area contributed by atoms with Gasteiger partial charge in [0.2, 0.25) is 5.91 Å². The van der Waals surface area contributed by atoms with Gasteiger partial charge in [0, 0.05) is 19.5 Å². The summed E-state index contributed by atoms with van der Waals surface area (Å²) in [5.41, 5.74) is 1.21. The van der Waals surface area contributed by atoms with Gasteiger partial charge in [0.15, 0.2) is 0 Å². The Morgan fingerprint density at radius 1 is 1.04 bits per heavy atom. The molecule has 0 heterocycles. The van der Waals surface area contributed by atoms with Crippen molar-refractivity contribution in [1.82, 2.24) is 4.90 Å². The quantitative estimate of drug-likeness (QED) is 0.820. The van der Waals surface area contributed by atoms with Crippen molar-refractivity contribution >= 4 is 5.91 Å². The van der Waals surface area contributed by atoms with E-state index in [0.717, 1.165) is 35.8 Å². The third kappa shape index (κ3) is 2.94. The number of carbonyl (C=O) groups excluding carboxylic acids is 1. The Morgan fingerprint density at radius 3 is 2.17 bits per heavy atom. The van der Waals surface area contributed by atoms with Gasteiger partial charge in [0.25, 0.3) is 0 Å². The minimum absolute atomic E-state index is 0.322. The van der Waals surface area contributed by atoms with Gasteiger partial charge in [0.05, 0.1) is 7.11 Å². The van der Waals surface area contributed by atoms with Crippen LogP contribution < -0.4 is 4.74 Å². The molecule has 3 nitrogen and oxygen atoms in total. The summed E-state index contributed by atoms with van der Waals surface area (Å²) in [5, 5.41) is 0. The highest BCUT2D eigenvalue weighted by Crippen LogP contribution is 2.55. The fourth-order valence-corrected chi connectivity index (χ4v) is 5.91. The minimum Gasteiger partial charge on any atom is -0.497 e. The molecule has 4 aliphatic rings. The maximum absolute atomic E-state index is 12.8. The molecule has 3 heteroatoms. The molecule has 0 atom stereocenters. The van der Waals surface area contributed by atoms with E-state index >= 15 is 0 Å². The first kappa shape index (κ1) is 16.0. The van der Waals surface area contributed by atoms with Crippen molar-refractivity contribution in [2.45, 2.75) is 51.0 Å². The Kier molecular flexibility index (Phi) is 4.28. The fourth-order valence-electron chi connectivity index (χ4n) is 5.91. The van der Waals surface area contributed by atoms with Gasteiger partial charge < -0.3 is 9.64 Å². The van der Waals surface area contributed by atoms with Crippen LogP contribution in [0, 0.1) is 23.7 Å². The molecule has 4 bridgehead atoms. The van der Waals surface area contributed by atoms with Crippen LogP contribution in [0.25, 0.3) is 0 Å². The Hall–Kier alpha value is -1.51. The first-order valence-corrected chi connectivity index (χ1v) is 9.52.